The quantitative estimate of drug-likeness (QED) is 0.932. The molecule has 0 bridgehead atoms. The third kappa shape index (κ3) is 2.65. The number of likely N-dealkylation sites (tertiary alicyclic amines) is 1. The van der Waals surface area contributed by atoms with E-state index in [9.17, 15) is 0 Å². The Morgan fingerprint density at radius 3 is 2.65 bits per heavy atom. The van der Waals surface area contributed by atoms with Crippen LogP contribution in [0.15, 0.2) is 53.1 Å². The van der Waals surface area contributed by atoms with Crippen LogP contribution < -0.4 is 5.73 Å². The van der Waals surface area contributed by atoms with Gasteiger partial charge in [0.2, 0.25) is 0 Å². The van der Waals surface area contributed by atoms with E-state index in [1.54, 1.807) is 6.26 Å². The maximum atomic E-state index is 6.27. The number of furan rings is 1. The highest BCUT2D eigenvalue weighted by atomic mass is 16.3. The van der Waals surface area contributed by atoms with Crippen molar-refractivity contribution in [1.82, 2.24) is 4.90 Å². The molecule has 1 aliphatic rings. The number of piperidine rings is 1. The van der Waals surface area contributed by atoms with Crippen LogP contribution in [-0.2, 0) is 0 Å². The molecule has 3 rings (SSSR count). The van der Waals surface area contributed by atoms with E-state index in [0.717, 1.165) is 25.3 Å². The summed E-state index contributed by atoms with van der Waals surface area (Å²) in [5, 5.41) is 0. The minimum atomic E-state index is 0.171. The number of benzene rings is 1. The minimum absolute atomic E-state index is 0.171. The van der Waals surface area contributed by atoms with E-state index in [-0.39, 0.29) is 12.1 Å². The summed E-state index contributed by atoms with van der Waals surface area (Å²) in [6.45, 7) is 4.23. The van der Waals surface area contributed by atoms with Crippen LogP contribution in [0.2, 0.25) is 0 Å². The molecule has 1 aromatic heterocycles. The lowest BCUT2D eigenvalue weighted by Gasteiger charge is -2.39. The first-order chi connectivity index (χ1) is 9.75. The molecule has 0 aliphatic carbocycles. The maximum Gasteiger partial charge on any atom is 0.125 e. The van der Waals surface area contributed by atoms with Crippen LogP contribution in [0.4, 0.5) is 0 Å². The molecule has 1 saturated heterocycles. The molecule has 0 saturated carbocycles. The van der Waals surface area contributed by atoms with Crippen molar-refractivity contribution in [3.8, 4) is 0 Å². The molecule has 0 spiro atoms. The summed E-state index contributed by atoms with van der Waals surface area (Å²) in [6.07, 6.45) is 2.89. The van der Waals surface area contributed by atoms with Crippen LogP contribution in [0.1, 0.15) is 30.7 Å². The average molecular weight is 270 g/mol. The average Bonchev–Trinajstić information content (AvgIpc) is 2.98. The van der Waals surface area contributed by atoms with Crippen LogP contribution in [-0.4, -0.2) is 24.0 Å². The van der Waals surface area contributed by atoms with Crippen LogP contribution in [0.25, 0.3) is 0 Å². The normalized spacial score (nSPS) is 25.5. The van der Waals surface area contributed by atoms with Crippen molar-refractivity contribution >= 4 is 0 Å². The maximum absolute atomic E-state index is 6.27. The highest BCUT2D eigenvalue weighted by molar-refractivity contribution is 5.27. The van der Waals surface area contributed by atoms with Crippen molar-refractivity contribution in [3.63, 3.8) is 0 Å². The van der Waals surface area contributed by atoms with Crippen LogP contribution >= 0.6 is 0 Å². The predicted octanol–water partition coefficient (Wildman–Crippen LogP) is 3.04. The summed E-state index contributed by atoms with van der Waals surface area (Å²) < 4.78 is 5.68. The van der Waals surface area contributed by atoms with Gasteiger partial charge >= 0.3 is 0 Å². The molecule has 1 fully saturated rings. The number of nitrogens with two attached hydrogens (primary N) is 1. The van der Waals surface area contributed by atoms with Crippen molar-refractivity contribution in [2.75, 3.05) is 13.1 Å². The van der Waals surface area contributed by atoms with Gasteiger partial charge in [-0.15, -0.1) is 0 Å². The zero-order chi connectivity index (χ0) is 13.9. The lowest BCUT2D eigenvalue weighted by Crippen LogP contribution is -2.48. The molecule has 20 heavy (non-hydrogen) atoms. The Bertz CT molecular complexity index is 523. The van der Waals surface area contributed by atoms with Gasteiger partial charge in [-0.05, 0) is 36.6 Å². The monoisotopic (exact) mass is 270 g/mol. The second-order valence-electron chi connectivity index (χ2n) is 5.75. The smallest absolute Gasteiger partial charge is 0.125 e. The molecular formula is C17H22N2O. The summed E-state index contributed by atoms with van der Waals surface area (Å²) in [7, 11) is 0. The first kappa shape index (κ1) is 13.4. The van der Waals surface area contributed by atoms with E-state index in [4.69, 9.17) is 10.2 Å². The Morgan fingerprint density at radius 1 is 1.20 bits per heavy atom. The summed E-state index contributed by atoms with van der Waals surface area (Å²) >= 11 is 0. The van der Waals surface area contributed by atoms with Gasteiger partial charge in [-0.1, -0.05) is 37.3 Å². The third-order valence-electron chi connectivity index (χ3n) is 4.34. The molecule has 1 aliphatic heterocycles. The Balaban J connectivity index is 1.91. The van der Waals surface area contributed by atoms with Gasteiger partial charge in [0.1, 0.15) is 5.76 Å². The molecule has 2 N–H and O–H groups in total. The van der Waals surface area contributed by atoms with Crippen molar-refractivity contribution < 1.29 is 4.42 Å². The van der Waals surface area contributed by atoms with E-state index in [1.165, 1.54) is 5.56 Å². The molecule has 2 aromatic rings. The topological polar surface area (TPSA) is 42.4 Å². The van der Waals surface area contributed by atoms with Gasteiger partial charge in [0, 0.05) is 12.6 Å². The number of hydrogen-bond acceptors (Lipinski definition) is 3. The van der Waals surface area contributed by atoms with E-state index in [0.29, 0.717) is 5.92 Å². The molecule has 2 heterocycles. The second-order valence-corrected chi connectivity index (χ2v) is 5.75. The van der Waals surface area contributed by atoms with E-state index < -0.39 is 0 Å². The summed E-state index contributed by atoms with van der Waals surface area (Å²) in [5.41, 5.74) is 7.53. The Kier molecular flexibility index (Phi) is 3.90. The van der Waals surface area contributed by atoms with Crippen molar-refractivity contribution in [2.24, 2.45) is 11.7 Å². The number of hydrogen-bond donors (Lipinski definition) is 1. The van der Waals surface area contributed by atoms with E-state index >= 15 is 0 Å². The van der Waals surface area contributed by atoms with Crippen LogP contribution in [0, 0.1) is 5.92 Å². The Hall–Kier alpha value is -1.58. The fraction of sp³-hybridized carbons (Fsp3) is 0.412. The van der Waals surface area contributed by atoms with E-state index in [2.05, 4.69) is 42.2 Å². The van der Waals surface area contributed by atoms with Gasteiger partial charge in [-0.2, -0.15) is 0 Å². The Labute approximate surface area is 120 Å². The molecule has 0 amide bonds. The molecule has 3 unspecified atom stereocenters. The number of nitrogens with zero attached hydrogens (tertiary/aromatic N) is 1. The third-order valence-corrected chi connectivity index (χ3v) is 4.34. The molecule has 1 aromatic carbocycles. The summed E-state index contributed by atoms with van der Waals surface area (Å²) in [4.78, 5) is 2.44. The lowest BCUT2D eigenvalue weighted by molar-refractivity contribution is 0.126. The minimum Gasteiger partial charge on any atom is -0.467 e. The van der Waals surface area contributed by atoms with Crippen LogP contribution in [0.5, 0.6) is 0 Å². The molecule has 3 nitrogen and oxygen atoms in total. The first-order valence-electron chi connectivity index (χ1n) is 7.33. The van der Waals surface area contributed by atoms with Crippen LogP contribution in [0.3, 0.4) is 0 Å². The molecule has 106 valence electrons. The molecule has 0 radical (unpaired) electrons. The van der Waals surface area contributed by atoms with Gasteiger partial charge in [0.05, 0.1) is 12.3 Å². The highest BCUT2D eigenvalue weighted by Crippen LogP contribution is 2.32. The van der Waals surface area contributed by atoms with Crippen molar-refractivity contribution in [3.05, 3.63) is 60.1 Å². The van der Waals surface area contributed by atoms with Crippen molar-refractivity contribution in [1.29, 1.82) is 0 Å². The molecule has 3 heteroatoms. The zero-order valence-corrected chi connectivity index (χ0v) is 11.9. The van der Waals surface area contributed by atoms with Gasteiger partial charge < -0.3 is 10.2 Å². The SMILES string of the molecule is CC1CCN(C(c2ccccc2)c2ccco2)CC1N. The van der Waals surface area contributed by atoms with Crippen molar-refractivity contribution in [2.45, 2.75) is 25.4 Å². The molecular weight excluding hydrogens is 248 g/mol. The zero-order valence-electron chi connectivity index (χ0n) is 11.9. The summed E-state index contributed by atoms with van der Waals surface area (Å²) in [5.74, 6) is 1.59. The van der Waals surface area contributed by atoms with E-state index in [1.807, 2.05) is 12.1 Å². The highest BCUT2D eigenvalue weighted by Gasteiger charge is 2.31. The first-order valence-corrected chi connectivity index (χ1v) is 7.33. The van der Waals surface area contributed by atoms with Gasteiger partial charge in [-0.3, -0.25) is 4.90 Å². The fourth-order valence-electron chi connectivity index (χ4n) is 3.00. The number of rotatable bonds is 3. The fourth-order valence-corrected chi connectivity index (χ4v) is 3.00. The standard InChI is InChI=1S/C17H22N2O/c1-13-9-10-19(12-15(13)18)17(16-8-5-11-20-16)14-6-3-2-4-7-14/h2-8,11,13,15,17H,9-10,12,18H2,1H3. The second kappa shape index (κ2) is 5.81. The lowest BCUT2D eigenvalue weighted by atomic mass is 9.91. The largest absolute Gasteiger partial charge is 0.467 e. The van der Waals surface area contributed by atoms with Gasteiger partial charge in [-0.25, -0.2) is 0 Å². The van der Waals surface area contributed by atoms with Gasteiger partial charge in [0.15, 0.2) is 0 Å². The molecule has 3 atom stereocenters. The summed E-state index contributed by atoms with van der Waals surface area (Å²) in [6, 6.07) is 15.0. The van der Waals surface area contributed by atoms with Gasteiger partial charge in [0.25, 0.3) is 0 Å². The predicted molar refractivity (Wildman–Crippen MR) is 80.3 cm³/mol. The Morgan fingerprint density at radius 2 is 2.00 bits per heavy atom.